The number of benzene rings is 1. The summed E-state index contributed by atoms with van der Waals surface area (Å²) >= 11 is 0. The third-order valence-corrected chi connectivity index (χ3v) is 7.08. The first-order valence-corrected chi connectivity index (χ1v) is 13.0. The second-order valence-electron chi connectivity index (χ2n) is 8.61. The minimum absolute atomic E-state index is 0.214. The number of nitrogens with zero attached hydrogens (tertiary/aromatic N) is 2. The van der Waals surface area contributed by atoms with Crippen LogP contribution < -0.4 is 15.4 Å². The maximum atomic E-state index is 12.9. The van der Waals surface area contributed by atoms with Gasteiger partial charge in [-0.1, -0.05) is 29.8 Å². The van der Waals surface area contributed by atoms with Gasteiger partial charge in [0.25, 0.3) is 5.91 Å². The number of fused-ring (bicyclic) bond motifs is 1. The van der Waals surface area contributed by atoms with Gasteiger partial charge in [-0.25, -0.2) is 8.42 Å². The van der Waals surface area contributed by atoms with Crippen LogP contribution in [0.25, 0.3) is 22.4 Å². The number of pyridine rings is 1. The summed E-state index contributed by atoms with van der Waals surface area (Å²) in [7, 11) is -1.99. The van der Waals surface area contributed by atoms with E-state index in [9.17, 15) is 13.2 Å². The Kier molecular flexibility index (Phi) is 6.45. The maximum absolute atomic E-state index is 12.9. The van der Waals surface area contributed by atoms with Gasteiger partial charge in [-0.3, -0.25) is 9.10 Å². The first-order chi connectivity index (χ1) is 15.7. The highest BCUT2D eigenvalue weighted by Gasteiger charge is 2.34. The predicted molar refractivity (Wildman–Crippen MR) is 130 cm³/mol. The van der Waals surface area contributed by atoms with Crippen molar-refractivity contribution in [2.45, 2.75) is 38.5 Å². The van der Waals surface area contributed by atoms with Crippen LogP contribution in [0.2, 0.25) is 0 Å². The molecule has 0 unspecified atom stereocenters. The smallest absolute Gasteiger partial charge is 0.255 e. The largest absolute Gasteiger partial charge is 0.437 e. The van der Waals surface area contributed by atoms with Gasteiger partial charge in [0.15, 0.2) is 0 Å². The lowest BCUT2D eigenvalue weighted by Gasteiger charge is -2.23. The minimum Gasteiger partial charge on any atom is -0.437 e. The van der Waals surface area contributed by atoms with Crippen LogP contribution in [-0.4, -0.2) is 45.7 Å². The Bertz CT molecular complexity index is 1280. The lowest BCUT2D eigenvalue weighted by Crippen LogP contribution is -2.32. The highest BCUT2D eigenvalue weighted by Crippen LogP contribution is 2.46. The highest BCUT2D eigenvalue weighted by atomic mass is 32.2. The number of anilines is 1. The zero-order valence-corrected chi connectivity index (χ0v) is 20.0. The van der Waals surface area contributed by atoms with E-state index >= 15 is 0 Å². The van der Waals surface area contributed by atoms with Gasteiger partial charge < -0.3 is 15.5 Å². The molecule has 4 rings (SSSR count). The molecule has 1 aliphatic rings. The Morgan fingerprint density at radius 1 is 1.24 bits per heavy atom. The van der Waals surface area contributed by atoms with Crippen LogP contribution in [-0.2, 0) is 10.0 Å². The van der Waals surface area contributed by atoms with E-state index in [1.165, 1.54) is 10.6 Å². The number of furan rings is 1. The van der Waals surface area contributed by atoms with Gasteiger partial charge in [-0.2, -0.15) is 4.98 Å². The Labute approximate surface area is 194 Å². The van der Waals surface area contributed by atoms with Crippen LogP contribution >= 0.6 is 0 Å². The van der Waals surface area contributed by atoms with Crippen LogP contribution in [0.1, 0.15) is 53.1 Å². The normalized spacial score (nSPS) is 13.9. The van der Waals surface area contributed by atoms with Crippen LogP contribution in [0.5, 0.6) is 0 Å². The highest BCUT2D eigenvalue weighted by molar-refractivity contribution is 7.92. The molecule has 0 bridgehead atoms. The molecule has 3 aromatic rings. The SMILES string of the molecule is CNC(=O)c1c(-c2ccc(C)cc2)oc2nc(N(CCCCN)S(C)(=O)=O)c(C3CC3)cc12. The number of unbranched alkanes of at least 4 members (excludes halogenated alkanes) is 1. The Balaban J connectivity index is 1.93. The average molecular weight is 471 g/mol. The number of hydrogen-bond donors (Lipinski definition) is 2. The fraction of sp³-hybridized carbons (Fsp3) is 0.417. The molecule has 1 amide bonds. The first-order valence-electron chi connectivity index (χ1n) is 11.2. The van der Waals surface area contributed by atoms with Gasteiger partial charge in [0.1, 0.15) is 11.6 Å². The minimum atomic E-state index is -3.57. The van der Waals surface area contributed by atoms with Crippen LogP contribution in [0, 0.1) is 6.92 Å². The quantitative estimate of drug-likeness (QED) is 0.462. The summed E-state index contributed by atoms with van der Waals surface area (Å²) in [6.07, 6.45) is 4.45. The fourth-order valence-electron chi connectivity index (χ4n) is 4.01. The van der Waals surface area contributed by atoms with E-state index in [0.717, 1.165) is 29.5 Å². The van der Waals surface area contributed by atoms with Crippen molar-refractivity contribution >= 4 is 32.8 Å². The van der Waals surface area contributed by atoms with Gasteiger partial charge in [0, 0.05) is 19.2 Å². The van der Waals surface area contributed by atoms with Gasteiger partial charge in [-0.05, 0) is 56.7 Å². The molecule has 8 nitrogen and oxygen atoms in total. The molecule has 0 spiro atoms. The van der Waals surface area contributed by atoms with Crippen LogP contribution in [0.15, 0.2) is 34.7 Å². The van der Waals surface area contributed by atoms with E-state index in [2.05, 4.69) is 5.32 Å². The van der Waals surface area contributed by atoms with Crippen molar-refractivity contribution in [1.29, 1.82) is 0 Å². The molecule has 33 heavy (non-hydrogen) atoms. The molecule has 1 aromatic carbocycles. The number of sulfonamides is 1. The molecule has 0 saturated heterocycles. The summed E-state index contributed by atoms with van der Waals surface area (Å²) in [5.74, 6) is 0.747. The Morgan fingerprint density at radius 3 is 2.52 bits per heavy atom. The zero-order valence-electron chi connectivity index (χ0n) is 19.2. The molecule has 0 radical (unpaired) electrons. The summed E-state index contributed by atoms with van der Waals surface area (Å²) in [6.45, 7) is 2.78. The van der Waals surface area contributed by atoms with Crippen molar-refractivity contribution in [2.75, 3.05) is 30.7 Å². The Morgan fingerprint density at radius 2 is 1.94 bits per heavy atom. The molecule has 3 N–H and O–H groups in total. The second kappa shape index (κ2) is 9.15. The summed E-state index contributed by atoms with van der Waals surface area (Å²) in [5.41, 5.74) is 8.95. The molecular weight excluding hydrogens is 440 g/mol. The monoisotopic (exact) mass is 470 g/mol. The van der Waals surface area contributed by atoms with E-state index in [4.69, 9.17) is 15.1 Å². The van der Waals surface area contributed by atoms with Gasteiger partial charge in [0.2, 0.25) is 15.7 Å². The van der Waals surface area contributed by atoms with Gasteiger partial charge >= 0.3 is 0 Å². The molecule has 2 aromatic heterocycles. The van der Waals surface area contributed by atoms with Crippen molar-refractivity contribution in [3.05, 3.63) is 47.0 Å². The predicted octanol–water partition coefficient (Wildman–Crippen LogP) is 3.55. The summed E-state index contributed by atoms with van der Waals surface area (Å²) in [4.78, 5) is 17.6. The lowest BCUT2D eigenvalue weighted by atomic mass is 10.0. The summed E-state index contributed by atoms with van der Waals surface area (Å²) in [5, 5.41) is 3.29. The van der Waals surface area contributed by atoms with E-state index in [1.807, 2.05) is 37.3 Å². The van der Waals surface area contributed by atoms with E-state index in [1.54, 1.807) is 7.05 Å². The van der Waals surface area contributed by atoms with Crippen LogP contribution in [0.4, 0.5) is 5.82 Å². The number of rotatable bonds is 9. The molecule has 0 aliphatic heterocycles. The number of amides is 1. The molecule has 9 heteroatoms. The number of hydrogen-bond acceptors (Lipinski definition) is 6. The van der Waals surface area contributed by atoms with E-state index in [0.29, 0.717) is 48.5 Å². The van der Waals surface area contributed by atoms with Gasteiger partial charge in [-0.15, -0.1) is 0 Å². The summed E-state index contributed by atoms with van der Waals surface area (Å²) in [6, 6.07) is 9.60. The average Bonchev–Trinajstić information content (AvgIpc) is 3.55. The molecule has 0 atom stereocenters. The topological polar surface area (TPSA) is 119 Å². The number of carbonyl (C=O) groups excluding carboxylic acids is 1. The second-order valence-corrected chi connectivity index (χ2v) is 10.5. The van der Waals surface area contributed by atoms with Crippen molar-refractivity contribution in [1.82, 2.24) is 10.3 Å². The first kappa shape index (κ1) is 23.3. The third kappa shape index (κ3) is 4.74. The number of aromatic nitrogens is 1. The van der Waals surface area contributed by atoms with E-state index in [-0.39, 0.29) is 17.5 Å². The molecule has 1 aliphatic carbocycles. The van der Waals surface area contributed by atoms with Crippen LogP contribution in [0.3, 0.4) is 0 Å². The third-order valence-electron chi connectivity index (χ3n) is 5.93. The molecular formula is C24H30N4O4S. The standard InChI is InChI=1S/C24H30N4O4S/c1-15-6-8-17(9-7-15)21-20(23(29)26-2)19-14-18(16-10-11-16)22(27-24(19)32-21)28(33(3,30)31)13-5-4-12-25/h6-9,14,16H,4-5,10-13,25H2,1-3H3,(H,26,29). The fourth-order valence-corrected chi connectivity index (χ4v) is 4.93. The Hall–Kier alpha value is -2.91. The van der Waals surface area contributed by atoms with Crippen molar-refractivity contribution in [3.8, 4) is 11.3 Å². The number of nitrogens with one attached hydrogen (secondary N) is 1. The number of carbonyl (C=O) groups is 1. The van der Waals surface area contributed by atoms with Crippen molar-refractivity contribution < 1.29 is 17.6 Å². The zero-order chi connectivity index (χ0) is 23.8. The van der Waals surface area contributed by atoms with E-state index < -0.39 is 10.0 Å². The molecule has 1 fully saturated rings. The van der Waals surface area contributed by atoms with Crippen molar-refractivity contribution in [3.63, 3.8) is 0 Å². The number of nitrogens with two attached hydrogens (primary N) is 1. The number of aryl methyl sites for hydroxylation is 1. The molecule has 176 valence electrons. The molecule has 2 heterocycles. The van der Waals surface area contributed by atoms with Crippen molar-refractivity contribution in [2.24, 2.45) is 5.73 Å². The maximum Gasteiger partial charge on any atom is 0.255 e. The van der Waals surface area contributed by atoms with Gasteiger partial charge in [0.05, 0.1) is 17.2 Å². The molecule has 1 saturated carbocycles. The summed E-state index contributed by atoms with van der Waals surface area (Å²) < 4.78 is 32.9. The lowest BCUT2D eigenvalue weighted by molar-refractivity contribution is 0.0964.